The number of aliphatic hydroxyl groups excluding tert-OH is 2. The van der Waals surface area contributed by atoms with Gasteiger partial charge in [-0.15, -0.1) is 0 Å². The summed E-state index contributed by atoms with van der Waals surface area (Å²) in [4.78, 5) is 15.9. The van der Waals surface area contributed by atoms with Crippen LogP contribution in [0, 0.1) is 5.82 Å². The molecule has 0 bridgehead atoms. The van der Waals surface area contributed by atoms with Gasteiger partial charge < -0.3 is 20.1 Å². The van der Waals surface area contributed by atoms with Crippen molar-refractivity contribution in [1.82, 2.24) is 4.98 Å². The third-order valence-electron chi connectivity index (χ3n) is 5.92. The third kappa shape index (κ3) is 8.50. The molecule has 0 radical (unpaired) electrons. The van der Waals surface area contributed by atoms with Crippen LogP contribution >= 0.6 is 0 Å². The Morgan fingerprint density at radius 2 is 1.72 bits per heavy atom. The number of nitrogens with zero attached hydrogens (tertiary/aromatic N) is 1. The van der Waals surface area contributed by atoms with Gasteiger partial charge in [-0.3, -0.25) is 9.78 Å². The number of carboxylic acid groups (broad SMARTS) is 1. The van der Waals surface area contributed by atoms with Crippen LogP contribution in [0.2, 0.25) is 0 Å². The molecule has 0 aliphatic heterocycles. The van der Waals surface area contributed by atoms with E-state index in [4.69, 9.17) is 14.8 Å². The van der Waals surface area contributed by atoms with Crippen LogP contribution in [0.3, 0.4) is 0 Å². The summed E-state index contributed by atoms with van der Waals surface area (Å²) in [5.41, 5.74) is 5.17. The van der Waals surface area contributed by atoms with Crippen molar-refractivity contribution in [3.05, 3.63) is 58.7 Å². The van der Waals surface area contributed by atoms with E-state index in [2.05, 4.69) is 20.8 Å². The predicted octanol–water partition coefficient (Wildman–Crippen LogP) is 6.05. The smallest absolute Gasteiger partial charge is 0.305 e. The fraction of sp³-hybridized carbons (Fsp3) is 0.517. The van der Waals surface area contributed by atoms with Gasteiger partial charge in [-0.05, 0) is 41.5 Å². The molecule has 2 aromatic rings. The van der Waals surface area contributed by atoms with Crippen LogP contribution in [0.25, 0.3) is 17.2 Å². The van der Waals surface area contributed by atoms with Gasteiger partial charge in [0.25, 0.3) is 0 Å². The predicted molar refractivity (Wildman–Crippen MR) is 140 cm³/mol. The number of pyridine rings is 1. The average molecular weight is 502 g/mol. The summed E-state index contributed by atoms with van der Waals surface area (Å²) in [6, 6.07) is 6.32. The lowest BCUT2D eigenvalue weighted by Gasteiger charge is -2.24. The molecule has 36 heavy (non-hydrogen) atoms. The average Bonchev–Trinajstić information content (AvgIpc) is 2.79. The van der Waals surface area contributed by atoms with Gasteiger partial charge in [-0.25, -0.2) is 4.39 Å². The van der Waals surface area contributed by atoms with Crippen LogP contribution in [-0.4, -0.2) is 45.1 Å². The largest absolute Gasteiger partial charge is 0.481 e. The lowest BCUT2D eigenvalue weighted by molar-refractivity contribution is -0.139. The maximum atomic E-state index is 13.8. The number of ether oxygens (including phenoxy) is 1. The van der Waals surface area contributed by atoms with Gasteiger partial charge in [-0.1, -0.05) is 65.3 Å². The molecule has 2 atom stereocenters. The normalized spacial score (nSPS) is 13.6. The van der Waals surface area contributed by atoms with Crippen molar-refractivity contribution in [2.45, 2.75) is 91.0 Å². The van der Waals surface area contributed by atoms with Gasteiger partial charge in [0.05, 0.1) is 30.9 Å². The number of aliphatic hydroxyl groups is 2. The van der Waals surface area contributed by atoms with E-state index in [1.807, 2.05) is 13.8 Å². The van der Waals surface area contributed by atoms with Crippen LogP contribution in [0.5, 0.6) is 0 Å². The highest BCUT2D eigenvalue weighted by Gasteiger charge is 2.23. The monoisotopic (exact) mass is 501 g/mol. The molecule has 6 nitrogen and oxygen atoms in total. The lowest BCUT2D eigenvalue weighted by Crippen LogP contribution is -2.19. The molecule has 0 aliphatic carbocycles. The maximum absolute atomic E-state index is 13.8. The van der Waals surface area contributed by atoms with Crippen molar-refractivity contribution >= 4 is 12.0 Å². The minimum atomic E-state index is -1.16. The summed E-state index contributed by atoms with van der Waals surface area (Å²) in [6.45, 7) is 11.3. The number of carboxylic acids is 1. The highest BCUT2D eigenvalue weighted by Crippen LogP contribution is 2.38. The number of hydrogen-bond donors (Lipinski definition) is 3. The second kappa shape index (κ2) is 14.2. The van der Waals surface area contributed by atoms with Crippen LogP contribution in [0.1, 0.15) is 94.7 Å². The van der Waals surface area contributed by atoms with Crippen LogP contribution < -0.4 is 0 Å². The summed E-state index contributed by atoms with van der Waals surface area (Å²) in [5.74, 6) is -1.27. The number of halogens is 1. The topological polar surface area (TPSA) is 99.9 Å². The van der Waals surface area contributed by atoms with Crippen molar-refractivity contribution < 1.29 is 29.2 Å². The molecule has 2 rings (SSSR count). The standard InChI is InChI=1S/C29H40FNO5/c1-6-7-14-36-17-25-27(20-8-10-21(30)11-9-20)24(28(18(2)3)31-29(25)19(4)5)13-12-22(32)15-23(33)16-26(34)35/h8-13,18-19,22-23,32-33H,6-7,14-17H2,1-5H3,(H,34,35). The molecular weight excluding hydrogens is 461 g/mol. The Morgan fingerprint density at radius 1 is 1.08 bits per heavy atom. The maximum Gasteiger partial charge on any atom is 0.305 e. The zero-order chi connectivity index (χ0) is 26.8. The molecule has 3 N–H and O–H groups in total. The minimum Gasteiger partial charge on any atom is -0.481 e. The van der Waals surface area contributed by atoms with Crippen molar-refractivity contribution in [3.8, 4) is 11.1 Å². The van der Waals surface area contributed by atoms with Crippen molar-refractivity contribution in [2.75, 3.05) is 6.61 Å². The molecule has 7 heteroatoms. The fourth-order valence-corrected chi connectivity index (χ4v) is 4.13. The summed E-state index contributed by atoms with van der Waals surface area (Å²) in [7, 11) is 0. The Hall–Kier alpha value is -2.61. The van der Waals surface area contributed by atoms with Crippen molar-refractivity contribution in [2.24, 2.45) is 0 Å². The Bertz CT molecular complexity index is 1020. The van der Waals surface area contributed by atoms with E-state index >= 15 is 0 Å². The second-order valence-electron chi connectivity index (χ2n) is 9.79. The zero-order valence-corrected chi connectivity index (χ0v) is 22.0. The second-order valence-corrected chi connectivity index (χ2v) is 9.79. The summed E-state index contributed by atoms with van der Waals surface area (Å²) >= 11 is 0. The van der Waals surface area contributed by atoms with Gasteiger partial charge >= 0.3 is 5.97 Å². The highest BCUT2D eigenvalue weighted by molar-refractivity contribution is 5.80. The molecule has 2 unspecified atom stereocenters. The van der Waals surface area contributed by atoms with Crippen LogP contribution in [0.15, 0.2) is 30.3 Å². The first-order valence-corrected chi connectivity index (χ1v) is 12.7. The molecule has 1 heterocycles. The van der Waals surface area contributed by atoms with E-state index in [0.717, 1.165) is 46.5 Å². The fourth-order valence-electron chi connectivity index (χ4n) is 4.13. The van der Waals surface area contributed by atoms with Crippen molar-refractivity contribution in [1.29, 1.82) is 0 Å². The number of hydrogen-bond acceptors (Lipinski definition) is 5. The molecule has 0 spiro atoms. The Labute approximate surface area is 213 Å². The number of benzene rings is 1. The van der Waals surface area contributed by atoms with E-state index in [9.17, 15) is 19.4 Å². The molecule has 0 amide bonds. The first kappa shape index (κ1) is 29.6. The highest BCUT2D eigenvalue weighted by atomic mass is 19.1. The van der Waals surface area contributed by atoms with Gasteiger partial charge in [0.15, 0.2) is 0 Å². The number of carbonyl (C=O) groups is 1. The van der Waals surface area contributed by atoms with Gasteiger partial charge in [0.1, 0.15) is 5.82 Å². The molecule has 1 aromatic carbocycles. The number of aromatic nitrogens is 1. The molecule has 198 valence electrons. The first-order chi connectivity index (χ1) is 17.0. The molecular formula is C29H40FNO5. The molecule has 0 aliphatic rings. The zero-order valence-electron chi connectivity index (χ0n) is 22.0. The van der Waals surface area contributed by atoms with E-state index in [-0.39, 0.29) is 24.1 Å². The summed E-state index contributed by atoms with van der Waals surface area (Å²) in [6.07, 6.45) is 2.55. The Morgan fingerprint density at radius 3 is 2.28 bits per heavy atom. The summed E-state index contributed by atoms with van der Waals surface area (Å²) < 4.78 is 19.9. The number of aliphatic carboxylic acids is 1. The van der Waals surface area contributed by atoms with Gasteiger partial charge in [-0.2, -0.15) is 0 Å². The minimum absolute atomic E-state index is 0.0613. The van der Waals surface area contributed by atoms with Gasteiger partial charge in [0.2, 0.25) is 0 Å². The van der Waals surface area contributed by atoms with Crippen molar-refractivity contribution in [3.63, 3.8) is 0 Å². The molecule has 0 fully saturated rings. The van der Waals surface area contributed by atoms with E-state index in [1.54, 1.807) is 24.3 Å². The quantitative estimate of drug-likeness (QED) is 0.273. The van der Waals surface area contributed by atoms with Gasteiger partial charge in [0, 0.05) is 29.8 Å². The van der Waals surface area contributed by atoms with E-state index in [0.29, 0.717) is 13.2 Å². The molecule has 0 saturated heterocycles. The Balaban J connectivity index is 2.68. The van der Waals surface area contributed by atoms with E-state index < -0.39 is 24.6 Å². The summed E-state index contributed by atoms with van der Waals surface area (Å²) in [5, 5.41) is 29.3. The number of rotatable bonds is 14. The van der Waals surface area contributed by atoms with E-state index in [1.165, 1.54) is 12.1 Å². The molecule has 0 saturated carbocycles. The SMILES string of the molecule is CCCCOCc1c(C(C)C)nc(C(C)C)c(C=CC(O)CC(O)CC(=O)O)c1-c1ccc(F)cc1. The third-order valence-corrected chi connectivity index (χ3v) is 5.92. The van der Waals surface area contributed by atoms with Crippen LogP contribution in [-0.2, 0) is 16.1 Å². The van der Waals surface area contributed by atoms with Crippen LogP contribution in [0.4, 0.5) is 4.39 Å². The lowest BCUT2D eigenvalue weighted by atomic mass is 9.87. The first-order valence-electron chi connectivity index (χ1n) is 12.7. The number of unbranched alkanes of at least 4 members (excludes halogenated alkanes) is 1. The molecule has 1 aromatic heterocycles. The Kier molecular flexibility index (Phi) is 11.7.